The number of ketones is 1. The van der Waals surface area contributed by atoms with Crippen LogP contribution in [0, 0.1) is 5.92 Å². The van der Waals surface area contributed by atoms with Crippen LogP contribution in [0.5, 0.6) is 0 Å². The van der Waals surface area contributed by atoms with Crippen LogP contribution in [0.1, 0.15) is 39.2 Å². The molecule has 1 rings (SSSR count). The standard InChI is InChI=1S/C17H25NO/c1-13(2)16(9-6-14(3)19)12-15-7-10-17(11-8-15)18(4)5/h7-8,10-13H,6,9H2,1-5H3/b16-12+. The fraction of sp³-hybridized carbons (Fsp3) is 0.471. The molecule has 0 atom stereocenters. The van der Waals surface area contributed by atoms with Crippen LogP contribution in [0.25, 0.3) is 6.08 Å². The van der Waals surface area contributed by atoms with Crippen LogP contribution < -0.4 is 4.90 Å². The highest BCUT2D eigenvalue weighted by Gasteiger charge is 2.05. The predicted octanol–water partition coefficient (Wildman–Crippen LogP) is 4.16. The summed E-state index contributed by atoms with van der Waals surface area (Å²) in [5.41, 5.74) is 3.75. The third-order valence-electron chi connectivity index (χ3n) is 3.27. The van der Waals surface area contributed by atoms with Gasteiger partial charge < -0.3 is 9.69 Å². The van der Waals surface area contributed by atoms with Crippen LogP contribution >= 0.6 is 0 Å². The van der Waals surface area contributed by atoms with Crippen molar-refractivity contribution in [2.24, 2.45) is 5.92 Å². The summed E-state index contributed by atoms with van der Waals surface area (Å²) in [4.78, 5) is 13.2. The maximum atomic E-state index is 11.1. The molecule has 0 spiro atoms. The minimum Gasteiger partial charge on any atom is -0.378 e. The van der Waals surface area contributed by atoms with E-state index in [0.717, 1.165) is 6.42 Å². The number of Topliss-reactive ketones (excluding diaryl/α,β-unsaturated/α-hetero) is 1. The number of rotatable bonds is 6. The zero-order valence-corrected chi connectivity index (χ0v) is 12.7. The van der Waals surface area contributed by atoms with Gasteiger partial charge in [-0.1, -0.05) is 37.6 Å². The molecule has 0 saturated heterocycles. The van der Waals surface area contributed by atoms with Gasteiger partial charge in [0.2, 0.25) is 0 Å². The summed E-state index contributed by atoms with van der Waals surface area (Å²) in [6.45, 7) is 6.02. The van der Waals surface area contributed by atoms with Crippen molar-refractivity contribution < 1.29 is 4.79 Å². The van der Waals surface area contributed by atoms with Crippen molar-refractivity contribution in [3.8, 4) is 0 Å². The first-order valence-electron chi connectivity index (χ1n) is 6.87. The molecular formula is C17H25NO. The highest BCUT2D eigenvalue weighted by molar-refractivity contribution is 5.76. The minimum absolute atomic E-state index is 0.259. The number of carbonyl (C=O) groups excluding carboxylic acids is 1. The number of benzene rings is 1. The van der Waals surface area contributed by atoms with Crippen LogP contribution in [-0.2, 0) is 4.79 Å². The summed E-state index contributed by atoms with van der Waals surface area (Å²) in [5, 5.41) is 0. The van der Waals surface area contributed by atoms with Crippen LogP contribution in [0.2, 0.25) is 0 Å². The molecule has 0 bridgehead atoms. The van der Waals surface area contributed by atoms with E-state index in [-0.39, 0.29) is 5.78 Å². The van der Waals surface area contributed by atoms with Crippen LogP contribution in [0.4, 0.5) is 5.69 Å². The fourth-order valence-corrected chi connectivity index (χ4v) is 1.93. The molecule has 0 saturated carbocycles. The summed E-state index contributed by atoms with van der Waals surface area (Å²) in [5.74, 6) is 0.738. The average molecular weight is 259 g/mol. The number of hydrogen-bond donors (Lipinski definition) is 0. The van der Waals surface area contributed by atoms with E-state index in [1.807, 2.05) is 14.1 Å². The lowest BCUT2D eigenvalue weighted by Crippen LogP contribution is -2.07. The van der Waals surface area contributed by atoms with Crippen molar-refractivity contribution in [1.82, 2.24) is 0 Å². The predicted molar refractivity (Wildman–Crippen MR) is 83.5 cm³/mol. The Morgan fingerprint density at radius 2 is 1.74 bits per heavy atom. The molecule has 0 unspecified atom stereocenters. The molecular weight excluding hydrogens is 234 g/mol. The quantitative estimate of drug-likeness (QED) is 0.764. The van der Waals surface area contributed by atoms with Gasteiger partial charge in [0, 0.05) is 26.2 Å². The van der Waals surface area contributed by atoms with Crippen molar-refractivity contribution >= 4 is 17.5 Å². The van der Waals surface area contributed by atoms with Crippen molar-refractivity contribution in [2.45, 2.75) is 33.6 Å². The Balaban J connectivity index is 2.85. The van der Waals surface area contributed by atoms with Crippen molar-refractivity contribution in [3.63, 3.8) is 0 Å². The summed E-state index contributed by atoms with van der Waals surface area (Å²) in [7, 11) is 4.08. The van der Waals surface area contributed by atoms with Crippen LogP contribution in [-0.4, -0.2) is 19.9 Å². The smallest absolute Gasteiger partial charge is 0.130 e. The monoisotopic (exact) mass is 259 g/mol. The van der Waals surface area contributed by atoms with Gasteiger partial charge in [0.05, 0.1) is 0 Å². The third-order valence-corrected chi connectivity index (χ3v) is 3.27. The molecule has 2 heteroatoms. The first-order chi connectivity index (χ1) is 8.90. The molecule has 0 aliphatic rings. The molecule has 0 aromatic heterocycles. The topological polar surface area (TPSA) is 20.3 Å². The third kappa shape index (κ3) is 5.29. The Bertz CT molecular complexity index is 441. The molecule has 0 heterocycles. The Kier molecular flexibility index (Phi) is 5.81. The Hall–Kier alpha value is -1.57. The Morgan fingerprint density at radius 3 is 2.16 bits per heavy atom. The summed E-state index contributed by atoms with van der Waals surface area (Å²) in [6.07, 6.45) is 3.72. The SMILES string of the molecule is CC(=O)CC/C(=C\c1ccc(N(C)C)cc1)C(C)C. The lowest BCUT2D eigenvalue weighted by atomic mass is 9.95. The van der Waals surface area contributed by atoms with Gasteiger partial charge in [-0.15, -0.1) is 0 Å². The van der Waals surface area contributed by atoms with Crippen molar-refractivity contribution in [3.05, 3.63) is 35.4 Å². The van der Waals surface area contributed by atoms with E-state index in [1.54, 1.807) is 6.92 Å². The molecule has 104 valence electrons. The molecule has 2 nitrogen and oxygen atoms in total. The molecule has 0 amide bonds. The van der Waals surface area contributed by atoms with Crippen LogP contribution in [0.15, 0.2) is 29.8 Å². The zero-order valence-electron chi connectivity index (χ0n) is 12.7. The number of nitrogens with zero attached hydrogens (tertiary/aromatic N) is 1. The first-order valence-corrected chi connectivity index (χ1v) is 6.87. The Morgan fingerprint density at radius 1 is 1.16 bits per heavy atom. The molecule has 19 heavy (non-hydrogen) atoms. The number of allylic oxidation sites excluding steroid dienone is 1. The first kappa shape index (κ1) is 15.5. The van der Waals surface area contributed by atoms with Gasteiger partial charge in [0.1, 0.15) is 5.78 Å². The largest absolute Gasteiger partial charge is 0.378 e. The van der Waals surface area contributed by atoms with Gasteiger partial charge in [-0.2, -0.15) is 0 Å². The molecule has 0 N–H and O–H groups in total. The maximum Gasteiger partial charge on any atom is 0.130 e. The zero-order chi connectivity index (χ0) is 14.4. The van der Waals surface area contributed by atoms with E-state index in [1.165, 1.54) is 16.8 Å². The van der Waals surface area contributed by atoms with Gasteiger partial charge in [-0.3, -0.25) is 0 Å². The molecule has 0 aliphatic carbocycles. The van der Waals surface area contributed by atoms with Crippen LogP contribution in [0.3, 0.4) is 0 Å². The second-order valence-electron chi connectivity index (χ2n) is 5.56. The Labute approximate surface area is 117 Å². The normalized spacial score (nSPS) is 11.8. The average Bonchev–Trinajstić information content (AvgIpc) is 2.34. The lowest BCUT2D eigenvalue weighted by Gasteiger charge is -2.13. The van der Waals surface area contributed by atoms with Crippen molar-refractivity contribution in [2.75, 3.05) is 19.0 Å². The van der Waals surface area contributed by atoms with Gasteiger partial charge in [-0.05, 0) is 37.0 Å². The van der Waals surface area contributed by atoms with E-state index in [9.17, 15) is 4.79 Å². The van der Waals surface area contributed by atoms with E-state index in [0.29, 0.717) is 12.3 Å². The van der Waals surface area contributed by atoms with Gasteiger partial charge in [0.25, 0.3) is 0 Å². The second-order valence-corrected chi connectivity index (χ2v) is 5.56. The summed E-state index contributed by atoms with van der Waals surface area (Å²) in [6, 6.07) is 8.50. The van der Waals surface area contributed by atoms with Gasteiger partial charge >= 0.3 is 0 Å². The fourth-order valence-electron chi connectivity index (χ4n) is 1.93. The van der Waals surface area contributed by atoms with Crippen molar-refractivity contribution in [1.29, 1.82) is 0 Å². The molecule has 0 radical (unpaired) electrons. The molecule has 1 aromatic rings. The summed E-state index contributed by atoms with van der Waals surface area (Å²) < 4.78 is 0. The second kappa shape index (κ2) is 7.13. The van der Waals surface area contributed by atoms with E-state index in [4.69, 9.17) is 0 Å². The van der Waals surface area contributed by atoms with E-state index >= 15 is 0 Å². The molecule has 0 fully saturated rings. The molecule has 0 aliphatic heterocycles. The highest BCUT2D eigenvalue weighted by Crippen LogP contribution is 2.21. The van der Waals surface area contributed by atoms with E-state index in [2.05, 4.69) is 49.1 Å². The van der Waals surface area contributed by atoms with Gasteiger partial charge in [0.15, 0.2) is 0 Å². The number of hydrogen-bond acceptors (Lipinski definition) is 2. The summed E-state index contributed by atoms with van der Waals surface area (Å²) >= 11 is 0. The highest BCUT2D eigenvalue weighted by atomic mass is 16.1. The lowest BCUT2D eigenvalue weighted by molar-refractivity contribution is -0.116. The van der Waals surface area contributed by atoms with E-state index < -0.39 is 0 Å². The van der Waals surface area contributed by atoms with Gasteiger partial charge in [-0.25, -0.2) is 0 Å². The minimum atomic E-state index is 0.259. The maximum absolute atomic E-state index is 11.1. The molecule has 1 aromatic carbocycles. The number of anilines is 1. The number of carbonyl (C=O) groups is 1.